The molecule has 0 saturated carbocycles. The van der Waals surface area contributed by atoms with Crippen LogP contribution in [0.25, 0.3) is 6.08 Å². The number of carbonyl (C=O) groups is 1. The minimum Gasteiger partial charge on any atom is -0.493 e. The molecule has 0 spiro atoms. The monoisotopic (exact) mass is 597 g/mol. The van der Waals surface area contributed by atoms with Gasteiger partial charge in [0.2, 0.25) is 0 Å². The summed E-state index contributed by atoms with van der Waals surface area (Å²) < 4.78 is 35.2. The molecule has 43 heavy (non-hydrogen) atoms. The number of allylic oxidation sites excluding steroid dienone is 1. The summed E-state index contributed by atoms with van der Waals surface area (Å²) in [5.41, 5.74) is 2.16. The van der Waals surface area contributed by atoms with Crippen LogP contribution in [0, 0.1) is 5.92 Å². The molecule has 9 nitrogen and oxygen atoms in total. The van der Waals surface area contributed by atoms with Crippen LogP contribution < -0.4 is 9.47 Å². The molecule has 1 N–H and O–H groups in total. The minimum atomic E-state index is -0.872. The zero-order valence-electron chi connectivity index (χ0n) is 26.1. The number of benzene rings is 1. The highest BCUT2D eigenvalue weighted by Crippen LogP contribution is 2.35. The molecule has 9 heteroatoms. The van der Waals surface area contributed by atoms with Crippen molar-refractivity contribution in [3.63, 3.8) is 0 Å². The zero-order valence-corrected chi connectivity index (χ0v) is 26.1. The van der Waals surface area contributed by atoms with Gasteiger partial charge in [0.1, 0.15) is 35.4 Å². The predicted octanol–water partition coefficient (Wildman–Crippen LogP) is 6.39. The van der Waals surface area contributed by atoms with E-state index in [-0.39, 0.29) is 18.8 Å². The largest absolute Gasteiger partial charge is 0.493 e. The Balaban J connectivity index is 1.53. The van der Waals surface area contributed by atoms with E-state index in [1.165, 1.54) is 12.8 Å². The Bertz CT molecular complexity index is 1200. The number of hydrogen-bond donors (Lipinski definition) is 1. The van der Waals surface area contributed by atoms with Gasteiger partial charge in [0.05, 0.1) is 12.7 Å². The maximum Gasteiger partial charge on any atom is 0.342 e. The van der Waals surface area contributed by atoms with E-state index in [9.17, 15) is 9.90 Å². The number of methoxy groups -OCH3 is 1. The van der Waals surface area contributed by atoms with Gasteiger partial charge in [-0.15, -0.1) is 0 Å². The van der Waals surface area contributed by atoms with Crippen LogP contribution in [0.1, 0.15) is 88.6 Å². The smallest absolute Gasteiger partial charge is 0.342 e. The molecule has 1 fully saturated rings. The molecule has 0 radical (unpaired) electrons. The van der Waals surface area contributed by atoms with Crippen molar-refractivity contribution in [1.29, 1.82) is 0 Å². The van der Waals surface area contributed by atoms with E-state index >= 15 is 0 Å². The standard InChI is InChI=1S/C34H47NO8/c1-23-16-17-28(36)32-29(42-34(3,4)43-32)15-10-12-25-20-27(39-19-9-7-6-8-13-26-14-11-18-35-26)21-30(40-22-38-5)31(25)33(37)41-24(23)2/h10-12,16-18,20-21,23-24,28-29,32,36H,6-9,13-15,19,22H2,1-5H3/b12-10?,17-16-/t23-,24+,28?,29+,32-/m1/s1. The Morgan fingerprint density at radius 1 is 1.05 bits per heavy atom. The quantitative estimate of drug-likeness (QED) is 0.135. The summed E-state index contributed by atoms with van der Waals surface area (Å²) in [6.45, 7) is 7.94. The molecule has 1 aromatic carbocycles. The number of aliphatic hydroxyl groups excluding tert-OH is 1. The minimum absolute atomic E-state index is 0.0374. The first-order valence-electron chi connectivity index (χ1n) is 15.4. The van der Waals surface area contributed by atoms with Gasteiger partial charge in [-0.25, -0.2) is 4.79 Å². The zero-order chi connectivity index (χ0) is 30.8. The van der Waals surface area contributed by atoms with Crippen LogP contribution in [0.3, 0.4) is 0 Å². The molecule has 0 amide bonds. The second-order valence-corrected chi connectivity index (χ2v) is 11.9. The third-order valence-corrected chi connectivity index (χ3v) is 7.86. The fourth-order valence-corrected chi connectivity index (χ4v) is 5.38. The van der Waals surface area contributed by atoms with Crippen LogP contribution in [0.5, 0.6) is 11.5 Å². The van der Waals surface area contributed by atoms with Gasteiger partial charge < -0.3 is 33.5 Å². The first-order valence-corrected chi connectivity index (χ1v) is 15.4. The Morgan fingerprint density at radius 3 is 2.63 bits per heavy atom. The number of carbonyl (C=O) groups excluding carboxylic acids is 1. The predicted molar refractivity (Wildman–Crippen MR) is 165 cm³/mol. The van der Waals surface area contributed by atoms with Crippen LogP contribution in [-0.4, -0.2) is 67.5 Å². The summed E-state index contributed by atoms with van der Waals surface area (Å²) in [6.07, 6.45) is 15.7. The topological polar surface area (TPSA) is 105 Å². The molecule has 1 aromatic rings. The molecule has 236 valence electrons. The summed E-state index contributed by atoms with van der Waals surface area (Å²) in [5, 5.41) is 10.9. The second kappa shape index (κ2) is 15.7. The lowest BCUT2D eigenvalue weighted by molar-refractivity contribution is -0.152. The molecule has 0 aliphatic carbocycles. The van der Waals surface area contributed by atoms with Crippen molar-refractivity contribution in [3.05, 3.63) is 53.8 Å². The lowest BCUT2D eigenvalue weighted by atomic mass is 9.99. The Morgan fingerprint density at radius 2 is 1.86 bits per heavy atom. The number of hydrogen-bond acceptors (Lipinski definition) is 9. The highest BCUT2D eigenvalue weighted by Gasteiger charge is 2.43. The van der Waals surface area contributed by atoms with Crippen molar-refractivity contribution in [2.75, 3.05) is 20.5 Å². The molecule has 1 saturated heterocycles. The van der Waals surface area contributed by atoms with Gasteiger partial charge in [-0.05, 0) is 58.1 Å². The molecule has 3 heterocycles. The third-order valence-electron chi connectivity index (χ3n) is 7.86. The fourth-order valence-electron chi connectivity index (χ4n) is 5.38. The number of fused-ring (bicyclic) bond motifs is 2. The van der Waals surface area contributed by atoms with Gasteiger partial charge in [-0.2, -0.15) is 0 Å². The van der Waals surface area contributed by atoms with E-state index in [0.29, 0.717) is 35.7 Å². The normalized spacial score (nSPS) is 27.5. The first kappa shape index (κ1) is 32.9. The van der Waals surface area contributed by atoms with Gasteiger partial charge in [0.25, 0.3) is 0 Å². The SMILES string of the molecule is COCOc1cc(OCCCCCCC2=NC=CC2)cc2c1C(=O)O[C@@H](C)[C@H](C)/C=C\C(O)[C@H]1OC(C)(C)O[C@H]1CC=C2. The van der Waals surface area contributed by atoms with Crippen molar-refractivity contribution in [2.45, 2.75) is 103 Å². The van der Waals surface area contributed by atoms with Crippen molar-refractivity contribution >= 4 is 17.8 Å². The molecule has 1 unspecified atom stereocenters. The maximum absolute atomic E-state index is 13.6. The van der Waals surface area contributed by atoms with Crippen LogP contribution in [0.2, 0.25) is 0 Å². The number of unbranched alkanes of at least 4 members (excludes halogenated alkanes) is 3. The van der Waals surface area contributed by atoms with Crippen LogP contribution in [-0.2, 0) is 18.9 Å². The van der Waals surface area contributed by atoms with Gasteiger partial charge >= 0.3 is 5.97 Å². The maximum atomic E-state index is 13.6. The number of nitrogens with zero attached hydrogens (tertiary/aromatic N) is 1. The first-order chi connectivity index (χ1) is 20.7. The molecule has 0 bridgehead atoms. The van der Waals surface area contributed by atoms with Gasteiger partial charge in [0, 0.05) is 37.4 Å². The lowest BCUT2D eigenvalue weighted by Gasteiger charge is -2.23. The van der Waals surface area contributed by atoms with E-state index in [1.54, 1.807) is 12.1 Å². The van der Waals surface area contributed by atoms with E-state index in [0.717, 1.165) is 38.5 Å². The van der Waals surface area contributed by atoms with Crippen molar-refractivity contribution in [1.82, 2.24) is 0 Å². The number of esters is 1. The Hall–Kier alpha value is -2.98. The average molecular weight is 598 g/mol. The summed E-state index contributed by atoms with van der Waals surface area (Å²) in [4.78, 5) is 17.9. The summed E-state index contributed by atoms with van der Waals surface area (Å²) in [7, 11) is 1.53. The van der Waals surface area contributed by atoms with Gasteiger partial charge in [-0.1, -0.05) is 50.1 Å². The molecular weight excluding hydrogens is 550 g/mol. The number of rotatable bonds is 11. The molecule has 0 aromatic heterocycles. The van der Waals surface area contributed by atoms with Crippen molar-refractivity contribution in [2.24, 2.45) is 10.9 Å². The Labute approximate surface area is 255 Å². The lowest BCUT2D eigenvalue weighted by Crippen LogP contribution is -2.34. The summed E-state index contributed by atoms with van der Waals surface area (Å²) >= 11 is 0. The van der Waals surface area contributed by atoms with Crippen LogP contribution >= 0.6 is 0 Å². The van der Waals surface area contributed by atoms with Gasteiger partial charge in [-0.3, -0.25) is 4.99 Å². The summed E-state index contributed by atoms with van der Waals surface area (Å²) in [6, 6.07) is 3.55. The number of aliphatic hydroxyl groups is 1. The van der Waals surface area contributed by atoms with E-state index < -0.39 is 30.1 Å². The fraction of sp³-hybridized carbons (Fsp3) is 0.588. The van der Waals surface area contributed by atoms with E-state index in [1.807, 2.05) is 58.2 Å². The van der Waals surface area contributed by atoms with Crippen LogP contribution in [0.4, 0.5) is 0 Å². The third kappa shape index (κ3) is 9.50. The Kier molecular flexibility index (Phi) is 12.0. The number of ether oxygens (including phenoxy) is 6. The average Bonchev–Trinajstić information content (AvgIpc) is 3.60. The number of aliphatic imine (C=N–C) groups is 1. The van der Waals surface area contributed by atoms with Crippen LogP contribution in [0.15, 0.2) is 47.6 Å². The molecule has 4 rings (SSSR count). The highest BCUT2D eigenvalue weighted by atomic mass is 16.8. The van der Waals surface area contributed by atoms with Gasteiger partial charge in [0.15, 0.2) is 12.6 Å². The summed E-state index contributed by atoms with van der Waals surface area (Å²) in [5.74, 6) is -0.583. The molecule has 5 atom stereocenters. The molecule has 3 aliphatic rings. The van der Waals surface area contributed by atoms with E-state index in [4.69, 9.17) is 28.4 Å². The van der Waals surface area contributed by atoms with Crippen molar-refractivity contribution in [3.8, 4) is 11.5 Å². The second-order valence-electron chi connectivity index (χ2n) is 11.9. The van der Waals surface area contributed by atoms with E-state index in [2.05, 4.69) is 11.1 Å². The highest BCUT2D eigenvalue weighted by molar-refractivity contribution is 5.97. The molecular formula is C34H47NO8. The molecule has 3 aliphatic heterocycles. The van der Waals surface area contributed by atoms with Crippen molar-refractivity contribution < 1.29 is 38.3 Å². The number of cyclic esters (lactones) is 1.